The van der Waals surface area contributed by atoms with Crippen LogP contribution in [0.25, 0.3) is 0 Å². The molecule has 15 heavy (non-hydrogen) atoms. The molecule has 1 aromatic rings. The molecule has 0 aliphatic rings. The molecule has 1 heterocycles. The van der Waals surface area contributed by atoms with Crippen LogP contribution in [0.15, 0.2) is 16.5 Å². The monoisotopic (exact) mass is 229 g/mol. The lowest BCUT2D eigenvalue weighted by Gasteiger charge is -2.19. The molecule has 0 aliphatic heterocycles. The van der Waals surface area contributed by atoms with Crippen molar-refractivity contribution in [2.24, 2.45) is 5.41 Å². The minimum atomic E-state index is -0.538. The topological polar surface area (TPSA) is 42.2 Å². The quantitative estimate of drug-likeness (QED) is 0.806. The number of halogens is 1. The molecule has 0 aliphatic carbocycles. The Morgan fingerprint density at radius 2 is 2.20 bits per heavy atom. The van der Waals surface area contributed by atoms with E-state index in [9.17, 15) is 4.79 Å². The molecule has 0 aromatic carbocycles. The average molecular weight is 230 g/mol. The van der Waals surface area contributed by atoms with Crippen LogP contribution in [-0.4, -0.2) is 11.8 Å². The Hall–Kier alpha value is -0.960. The molecule has 1 N–H and O–H groups in total. The van der Waals surface area contributed by atoms with E-state index in [1.165, 1.54) is 0 Å². The lowest BCUT2D eigenvalue weighted by molar-refractivity contribution is -0.128. The highest BCUT2D eigenvalue weighted by Crippen LogP contribution is 2.17. The minimum Gasteiger partial charge on any atom is -0.465 e. The van der Waals surface area contributed by atoms with Crippen LogP contribution >= 0.6 is 11.6 Å². The average Bonchev–Trinajstić information content (AvgIpc) is 2.60. The van der Waals surface area contributed by atoms with E-state index in [1.807, 2.05) is 32.9 Å². The molecule has 0 spiro atoms. The highest BCUT2D eigenvalue weighted by Gasteiger charge is 2.26. The number of amides is 1. The van der Waals surface area contributed by atoms with E-state index < -0.39 is 5.41 Å². The lowest BCUT2D eigenvalue weighted by Crippen LogP contribution is -2.37. The van der Waals surface area contributed by atoms with Crippen LogP contribution in [0.4, 0.5) is 0 Å². The van der Waals surface area contributed by atoms with Crippen LogP contribution in [0.5, 0.6) is 0 Å². The van der Waals surface area contributed by atoms with Crippen molar-refractivity contribution in [2.75, 3.05) is 5.88 Å². The molecule has 0 bridgehead atoms. The van der Waals surface area contributed by atoms with Crippen molar-refractivity contribution in [3.63, 3.8) is 0 Å². The summed E-state index contributed by atoms with van der Waals surface area (Å²) < 4.78 is 5.33. The molecule has 0 saturated carbocycles. The van der Waals surface area contributed by atoms with Gasteiger partial charge < -0.3 is 9.73 Å². The second-order valence-corrected chi connectivity index (χ2v) is 4.48. The first-order valence-corrected chi connectivity index (χ1v) is 5.39. The number of carbonyl (C=O) groups is 1. The first-order valence-electron chi connectivity index (χ1n) is 4.85. The van der Waals surface area contributed by atoms with Gasteiger partial charge in [0.2, 0.25) is 5.91 Å². The first kappa shape index (κ1) is 12.1. The fourth-order valence-corrected chi connectivity index (χ4v) is 1.17. The number of rotatable bonds is 4. The van der Waals surface area contributed by atoms with Gasteiger partial charge in [0.1, 0.15) is 11.5 Å². The Labute approximate surface area is 94.8 Å². The Kier molecular flexibility index (Phi) is 3.80. The third kappa shape index (κ3) is 3.27. The molecule has 0 fully saturated rings. The van der Waals surface area contributed by atoms with Gasteiger partial charge in [0, 0.05) is 5.88 Å². The van der Waals surface area contributed by atoms with Gasteiger partial charge in [-0.1, -0.05) is 0 Å². The highest BCUT2D eigenvalue weighted by atomic mass is 35.5. The molecule has 4 heteroatoms. The van der Waals surface area contributed by atoms with E-state index >= 15 is 0 Å². The van der Waals surface area contributed by atoms with Crippen LogP contribution in [-0.2, 0) is 11.3 Å². The van der Waals surface area contributed by atoms with Gasteiger partial charge in [-0.05, 0) is 32.9 Å². The molecular weight excluding hydrogens is 214 g/mol. The Morgan fingerprint density at radius 3 is 2.67 bits per heavy atom. The van der Waals surface area contributed by atoms with Crippen LogP contribution in [0.1, 0.15) is 25.4 Å². The van der Waals surface area contributed by atoms with Crippen LogP contribution in [0, 0.1) is 12.3 Å². The Morgan fingerprint density at radius 1 is 1.53 bits per heavy atom. The van der Waals surface area contributed by atoms with Gasteiger partial charge in [0.15, 0.2) is 0 Å². The first-order chi connectivity index (χ1) is 6.95. The Balaban J connectivity index is 2.47. The second kappa shape index (κ2) is 4.71. The fourth-order valence-electron chi connectivity index (χ4n) is 1.05. The maximum Gasteiger partial charge on any atom is 0.227 e. The highest BCUT2D eigenvalue weighted by molar-refractivity contribution is 6.19. The zero-order chi connectivity index (χ0) is 11.5. The van der Waals surface area contributed by atoms with E-state index in [4.69, 9.17) is 16.0 Å². The molecule has 1 amide bonds. The number of nitrogens with one attached hydrogen (secondary N) is 1. The van der Waals surface area contributed by atoms with Crippen LogP contribution < -0.4 is 5.32 Å². The smallest absolute Gasteiger partial charge is 0.227 e. The number of hydrogen-bond acceptors (Lipinski definition) is 2. The number of aryl methyl sites for hydroxylation is 1. The van der Waals surface area contributed by atoms with Gasteiger partial charge >= 0.3 is 0 Å². The minimum absolute atomic E-state index is 0.0634. The maximum atomic E-state index is 11.6. The third-order valence-electron chi connectivity index (χ3n) is 2.17. The predicted octanol–water partition coefficient (Wildman–Crippen LogP) is 2.47. The Bertz CT molecular complexity index is 344. The maximum absolute atomic E-state index is 11.6. The standard InChI is InChI=1S/C11H16ClNO2/c1-8-4-5-9(15-8)6-13-10(14)11(2,3)7-12/h4-5H,6-7H2,1-3H3,(H,13,14). The summed E-state index contributed by atoms with van der Waals surface area (Å²) >= 11 is 5.69. The summed E-state index contributed by atoms with van der Waals surface area (Å²) in [6.07, 6.45) is 0. The van der Waals surface area contributed by atoms with Crippen molar-refractivity contribution in [2.45, 2.75) is 27.3 Å². The summed E-state index contributed by atoms with van der Waals surface area (Å²) in [7, 11) is 0. The summed E-state index contributed by atoms with van der Waals surface area (Å²) in [5, 5.41) is 2.79. The summed E-state index contributed by atoms with van der Waals surface area (Å²) in [6.45, 7) is 5.90. The molecule has 0 saturated heterocycles. The van der Waals surface area contributed by atoms with Gasteiger partial charge in [-0.15, -0.1) is 11.6 Å². The zero-order valence-electron chi connectivity index (χ0n) is 9.26. The van der Waals surface area contributed by atoms with Gasteiger partial charge in [0.05, 0.1) is 12.0 Å². The largest absolute Gasteiger partial charge is 0.465 e. The van der Waals surface area contributed by atoms with Crippen molar-refractivity contribution >= 4 is 17.5 Å². The molecular formula is C11H16ClNO2. The molecule has 0 radical (unpaired) electrons. The lowest BCUT2D eigenvalue weighted by atomic mass is 9.95. The summed E-state index contributed by atoms with van der Waals surface area (Å²) in [5.41, 5.74) is -0.538. The van der Waals surface area contributed by atoms with Crippen LogP contribution in [0.2, 0.25) is 0 Å². The van der Waals surface area contributed by atoms with Crippen molar-refractivity contribution in [1.29, 1.82) is 0 Å². The van der Waals surface area contributed by atoms with Gasteiger partial charge in [-0.25, -0.2) is 0 Å². The molecule has 1 rings (SSSR count). The number of furan rings is 1. The number of alkyl halides is 1. The molecule has 84 valence electrons. The summed E-state index contributed by atoms with van der Waals surface area (Å²) in [6, 6.07) is 3.72. The third-order valence-corrected chi connectivity index (χ3v) is 2.84. The fraction of sp³-hybridized carbons (Fsp3) is 0.545. The molecule has 0 unspecified atom stereocenters. The van der Waals surface area contributed by atoms with E-state index in [0.29, 0.717) is 12.4 Å². The van der Waals surface area contributed by atoms with Crippen molar-refractivity contribution in [3.05, 3.63) is 23.7 Å². The second-order valence-electron chi connectivity index (χ2n) is 4.21. The normalized spacial score (nSPS) is 11.5. The number of hydrogen-bond donors (Lipinski definition) is 1. The van der Waals surface area contributed by atoms with E-state index in [0.717, 1.165) is 11.5 Å². The summed E-state index contributed by atoms with van der Waals surface area (Å²) in [5.74, 6) is 1.84. The van der Waals surface area contributed by atoms with Crippen molar-refractivity contribution < 1.29 is 9.21 Å². The number of carbonyl (C=O) groups excluding carboxylic acids is 1. The van der Waals surface area contributed by atoms with Crippen LogP contribution in [0.3, 0.4) is 0 Å². The van der Waals surface area contributed by atoms with E-state index in [-0.39, 0.29) is 5.91 Å². The molecule has 1 aromatic heterocycles. The van der Waals surface area contributed by atoms with Gasteiger partial charge in [-0.3, -0.25) is 4.79 Å². The SMILES string of the molecule is Cc1ccc(CNC(=O)C(C)(C)CCl)o1. The predicted molar refractivity (Wildman–Crippen MR) is 59.8 cm³/mol. The van der Waals surface area contributed by atoms with E-state index in [2.05, 4.69) is 5.32 Å². The molecule has 3 nitrogen and oxygen atoms in total. The van der Waals surface area contributed by atoms with E-state index in [1.54, 1.807) is 0 Å². The zero-order valence-corrected chi connectivity index (χ0v) is 10.0. The van der Waals surface area contributed by atoms with Gasteiger partial charge in [0.25, 0.3) is 0 Å². The van der Waals surface area contributed by atoms with Crippen molar-refractivity contribution in [3.8, 4) is 0 Å². The van der Waals surface area contributed by atoms with Crippen molar-refractivity contribution in [1.82, 2.24) is 5.32 Å². The summed E-state index contributed by atoms with van der Waals surface area (Å²) in [4.78, 5) is 11.6. The molecule has 0 atom stereocenters. The van der Waals surface area contributed by atoms with Gasteiger partial charge in [-0.2, -0.15) is 0 Å².